The third-order valence-electron chi connectivity index (χ3n) is 4.93. The number of benzene rings is 3. The summed E-state index contributed by atoms with van der Waals surface area (Å²) in [5, 5.41) is 3.67. The molecule has 33 heavy (non-hydrogen) atoms. The number of nitrogens with zero attached hydrogens (tertiary/aromatic N) is 1. The molecular formula is C26H23N3O3S. The van der Waals surface area contributed by atoms with Gasteiger partial charge in [0.25, 0.3) is 5.91 Å². The van der Waals surface area contributed by atoms with E-state index in [1.54, 1.807) is 6.92 Å². The maximum absolute atomic E-state index is 12.4. The van der Waals surface area contributed by atoms with Crippen molar-refractivity contribution in [3.63, 3.8) is 0 Å². The maximum Gasteiger partial charge on any atom is 0.310 e. The molecule has 0 atom stereocenters. The highest BCUT2D eigenvalue weighted by atomic mass is 32.2. The Morgan fingerprint density at radius 1 is 1.00 bits per heavy atom. The molecule has 0 saturated carbocycles. The van der Waals surface area contributed by atoms with Crippen LogP contribution in [0, 0.1) is 0 Å². The van der Waals surface area contributed by atoms with E-state index >= 15 is 0 Å². The number of amidine groups is 1. The maximum atomic E-state index is 12.4. The summed E-state index contributed by atoms with van der Waals surface area (Å²) in [5.41, 5.74) is 11.2. The molecule has 0 aromatic heterocycles. The number of hydrogen-bond donors (Lipinski definition) is 2. The van der Waals surface area contributed by atoms with Gasteiger partial charge in [0, 0.05) is 11.4 Å². The first kappa shape index (κ1) is 22.4. The Labute approximate surface area is 196 Å². The van der Waals surface area contributed by atoms with Crippen molar-refractivity contribution in [3.8, 4) is 11.1 Å². The van der Waals surface area contributed by atoms with E-state index in [0.29, 0.717) is 16.7 Å². The van der Waals surface area contributed by atoms with Crippen molar-refractivity contribution in [1.29, 1.82) is 0 Å². The summed E-state index contributed by atoms with van der Waals surface area (Å²) in [6.07, 6.45) is 2.06. The molecule has 4 rings (SSSR count). The molecule has 1 aliphatic rings. The predicted molar refractivity (Wildman–Crippen MR) is 135 cm³/mol. The molecule has 1 amide bonds. The normalized spacial score (nSPS) is 14.3. The molecule has 0 bridgehead atoms. The third-order valence-corrected chi connectivity index (χ3v) is 5.83. The first-order valence-corrected chi connectivity index (χ1v) is 11.3. The number of carbonyl (C=O) groups is 2. The van der Waals surface area contributed by atoms with Gasteiger partial charge in [0.05, 0.1) is 17.9 Å². The second-order valence-corrected chi connectivity index (χ2v) is 8.41. The Hall–Kier alpha value is -3.84. The average Bonchev–Trinajstić information content (AvgIpc) is 3.15. The van der Waals surface area contributed by atoms with E-state index < -0.39 is 0 Å². The third kappa shape index (κ3) is 5.90. The van der Waals surface area contributed by atoms with Crippen LogP contribution in [-0.4, -0.2) is 23.7 Å². The number of anilines is 2. The summed E-state index contributed by atoms with van der Waals surface area (Å²) in [5.74, 6) is -0.528. The van der Waals surface area contributed by atoms with E-state index in [9.17, 15) is 9.59 Å². The lowest BCUT2D eigenvalue weighted by Gasteiger charge is -2.06. The zero-order chi connectivity index (χ0) is 23.2. The number of carbonyl (C=O) groups excluding carboxylic acids is 2. The number of rotatable bonds is 6. The number of ether oxygens (including phenoxy) is 1. The monoisotopic (exact) mass is 457 g/mol. The Morgan fingerprint density at radius 3 is 2.27 bits per heavy atom. The molecule has 0 fully saturated rings. The molecule has 3 aromatic carbocycles. The number of aliphatic imine (C=N–C) groups is 1. The lowest BCUT2D eigenvalue weighted by atomic mass is 10.0. The SMILES string of the molecule is CCOC(=O)Cc1ccc(NC2=NC(=O)C(=Cc3ccc(-c4ccc(N)cc4)cc3)S2)cc1. The first-order chi connectivity index (χ1) is 16.0. The van der Waals surface area contributed by atoms with Gasteiger partial charge in [0.2, 0.25) is 0 Å². The van der Waals surface area contributed by atoms with E-state index in [1.807, 2.05) is 78.9 Å². The number of nitrogens with two attached hydrogens (primary N) is 1. The number of esters is 1. The highest BCUT2D eigenvalue weighted by Crippen LogP contribution is 2.30. The van der Waals surface area contributed by atoms with Crippen LogP contribution in [0.3, 0.4) is 0 Å². The van der Waals surface area contributed by atoms with Crippen LogP contribution in [-0.2, 0) is 20.7 Å². The van der Waals surface area contributed by atoms with Crippen LogP contribution in [0.15, 0.2) is 82.7 Å². The van der Waals surface area contributed by atoms with Gasteiger partial charge in [0.1, 0.15) is 0 Å². The minimum atomic E-state index is -0.274. The summed E-state index contributed by atoms with van der Waals surface area (Å²) in [6, 6.07) is 23.1. The molecule has 0 saturated heterocycles. The van der Waals surface area contributed by atoms with Crippen molar-refractivity contribution in [2.24, 2.45) is 4.99 Å². The van der Waals surface area contributed by atoms with Crippen LogP contribution in [0.4, 0.5) is 11.4 Å². The number of thioether (sulfide) groups is 1. The number of hydrogen-bond acceptors (Lipinski definition) is 6. The molecule has 3 aromatic rings. The highest BCUT2D eigenvalue weighted by Gasteiger charge is 2.22. The van der Waals surface area contributed by atoms with Gasteiger partial charge >= 0.3 is 5.97 Å². The number of nitrogen functional groups attached to an aromatic ring is 1. The molecule has 1 aliphatic heterocycles. The van der Waals surface area contributed by atoms with Crippen LogP contribution in [0.25, 0.3) is 17.2 Å². The Balaban J connectivity index is 1.38. The van der Waals surface area contributed by atoms with Gasteiger partial charge < -0.3 is 15.8 Å². The summed E-state index contributed by atoms with van der Waals surface area (Å²) in [7, 11) is 0. The van der Waals surface area contributed by atoms with Crippen molar-refractivity contribution in [3.05, 3.63) is 88.8 Å². The smallest absolute Gasteiger partial charge is 0.310 e. The summed E-state index contributed by atoms with van der Waals surface area (Å²) in [4.78, 5) is 28.6. The van der Waals surface area contributed by atoms with Crippen molar-refractivity contribution in [2.75, 3.05) is 17.7 Å². The Kier molecular flexibility index (Phi) is 6.90. The summed E-state index contributed by atoms with van der Waals surface area (Å²) in [6.45, 7) is 2.15. The van der Waals surface area contributed by atoms with Crippen LogP contribution >= 0.6 is 11.8 Å². The lowest BCUT2D eigenvalue weighted by molar-refractivity contribution is -0.142. The molecule has 0 spiro atoms. The lowest BCUT2D eigenvalue weighted by Crippen LogP contribution is -2.08. The highest BCUT2D eigenvalue weighted by molar-refractivity contribution is 8.18. The van der Waals surface area contributed by atoms with Gasteiger partial charge in [-0.1, -0.05) is 48.5 Å². The van der Waals surface area contributed by atoms with Crippen molar-refractivity contribution >= 4 is 46.3 Å². The zero-order valence-electron chi connectivity index (χ0n) is 18.1. The van der Waals surface area contributed by atoms with Crippen LogP contribution < -0.4 is 11.1 Å². The van der Waals surface area contributed by atoms with Crippen molar-refractivity contribution in [2.45, 2.75) is 13.3 Å². The molecule has 0 unspecified atom stereocenters. The van der Waals surface area contributed by atoms with E-state index in [-0.39, 0.29) is 18.3 Å². The van der Waals surface area contributed by atoms with Gasteiger partial charge in [-0.3, -0.25) is 9.59 Å². The fourth-order valence-corrected chi connectivity index (χ4v) is 4.10. The Bertz CT molecular complexity index is 1220. The number of nitrogens with one attached hydrogen (secondary N) is 1. The van der Waals surface area contributed by atoms with Gasteiger partial charge in [-0.25, -0.2) is 0 Å². The van der Waals surface area contributed by atoms with Crippen LogP contribution in [0.2, 0.25) is 0 Å². The summed E-state index contributed by atoms with van der Waals surface area (Å²) >= 11 is 1.29. The largest absolute Gasteiger partial charge is 0.466 e. The predicted octanol–water partition coefficient (Wildman–Crippen LogP) is 5.12. The molecular weight excluding hydrogens is 434 g/mol. The second kappa shape index (κ2) is 10.2. The molecule has 0 aliphatic carbocycles. The molecule has 3 N–H and O–H groups in total. The van der Waals surface area contributed by atoms with E-state index in [0.717, 1.165) is 33.6 Å². The molecule has 6 nitrogen and oxygen atoms in total. The minimum Gasteiger partial charge on any atom is -0.466 e. The van der Waals surface area contributed by atoms with Crippen LogP contribution in [0.1, 0.15) is 18.1 Å². The fraction of sp³-hybridized carbons (Fsp3) is 0.115. The van der Waals surface area contributed by atoms with Crippen LogP contribution in [0.5, 0.6) is 0 Å². The Morgan fingerprint density at radius 2 is 1.64 bits per heavy atom. The van der Waals surface area contributed by atoms with Crippen molar-refractivity contribution < 1.29 is 14.3 Å². The van der Waals surface area contributed by atoms with Crippen molar-refractivity contribution in [1.82, 2.24) is 0 Å². The van der Waals surface area contributed by atoms with Gasteiger partial charge in [-0.2, -0.15) is 4.99 Å². The molecule has 1 heterocycles. The first-order valence-electron chi connectivity index (χ1n) is 10.5. The summed E-state index contributed by atoms with van der Waals surface area (Å²) < 4.78 is 4.96. The number of amides is 1. The van der Waals surface area contributed by atoms with E-state index in [1.165, 1.54) is 11.8 Å². The van der Waals surface area contributed by atoms with E-state index in [4.69, 9.17) is 10.5 Å². The average molecular weight is 458 g/mol. The topological polar surface area (TPSA) is 93.8 Å². The van der Waals surface area contributed by atoms with E-state index in [2.05, 4.69) is 10.3 Å². The molecule has 7 heteroatoms. The standard InChI is InChI=1S/C26H23N3O3S/c1-2-32-24(30)16-18-5-13-22(14-6-18)28-26-29-25(31)23(33-26)15-17-3-7-19(8-4-17)20-9-11-21(27)12-10-20/h3-15H,2,16,27H2,1H3,(H,28,29,31). The quantitative estimate of drug-likeness (QED) is 0.303. The van der Waals surface area contributed by atoms with Gasteiger partial charge in [0.15, 0.2) is 5.17 Å². The fourth-order valence-electron chi connectivity index (χ4n) is 3.27. The van der Waals surface area contributed by atoms with Gasteiger partial charge in [-0.15, -0.1) is 0 Å². The zero-order valence-corrected chi connectivity index (χ0v) is 18.9. The molecule has 0 radical (unpaired) electrons. The molecule has 166 valence electrons. The minimum absolute atomic E-state index is 0.228. The van der Waals surface area contributed by atoms with Gasteiger partial charge in [-0.05, 0) is 71.3 Å². The second-order valence-electron chi connectivity index (χ2n) is 7.38.